The Bertz CT molecular complexity index is 440. The summed E-state index contributed by atoms with van der Waals surface area (Å²) in [6.07, 6.45) is 5.50. The fourth-order valence-corrected chi connectivity index (χ4v) is 1.89. The molecule has 0 saturated heterocycles. The molecule has 0 radical (unpaired) electrons. The van der Waals surface area contributed by atoms with Gasteiger partial charge in [0.15, 0.2) is 0 Å². The van der Waals surface area contributed by atoms with Crippen LogP contribution in [0, 0.1) is 6.92 Å². The van der Waals surface area contributed by atoms with Crippen molar-refractivity contribution in [2.45, 2.75) is 13.3 Å². The molecule has 1 aromatic heterocycles. The van der Waals surface area contributed by atoms with Crippen molar-refractivity contribution in [3.63, 3.8) is 0 Å². The highest BCUT2D eigenvalue weighted by Crippen LogP contribution is 2.24. The lowest BCUT2D eigenvalue weighted by molar-refractivity contribution is 0.150. The van der Waals surface area contributed by atoms with Crippen LogP contribution in [0.4, 0.5) is 4.79 Å². The predicted molar refractivity (Wildman–Crippen MR) is 61.2 cm³/mol. The Labute approximate surface area is 94.2 Å². The first kappa shape index (κ1) is 10.7. The van der Waals surface area contributed by atoms with E-state index in [9.17, 15) is 4.79 Å². The van der Waals surface area contributed by atoms with Gasteiger partial charge in [-0.15, -0.1) is 0 Å². The van der Waals surface area contributed by atoms with Crippen molar-refractivity contribution >= 4 is 11.7 Å². The molecule has 0 spiro atoms. The second-order valence-electron chi connectivity index (χ2n) is 3.90. The molecule has 1 aromatic rings. The van der Waals surface area contributed by atoms with Crippen LogP contribution < -0.4 is 0 Å². The van der Waals surface area contributed by atoms with Gasteiger partial charge in [-0.1, -0.05) is 6.08 Å². The summed E-state index contributed by atoms with van der Waals surface area (Å²) in [6.45, 7) is 3.08. The monoisotopic (exact) mass is 218 g/mol. The third kappa shape index (κ3) is 2.05. The van der Waals surface area contributed by atoms with E-state index in [1.165, 1.54) is 16.0 Å². The van der Waals surface area contributed by atoms with Gasteiger partial charge in [0.25, 0.3) is 0 Å². The zero-order chi connectivity index (χ0) is 11.5. The maximum Gasteiger partial charge on any atom is 0.407 e. The molecule has 0 aromatic carbocycles. The molecule has 0 saturated carbocycles. The van der Waals surface area contributed by atoms with E-state index in [-0.39, 0.29) is 0 Å². The van der Waals surface area contributed by atoms with Crippen LogP contribution in [0.15, 0.2) is 24.5 Å². The van der Waals surface area contributed by atoms with Crippen molar-refractivity contribution in [2.75, 3.05) is 13.1 Å². The average Bonchev–Trinajstić information content (AvgIpc) is 2.30. The largest absolute Gasteiger partial charge is 0.465 e. The third-order valence-electron chi connectivity index (χ3n) is 2.86. The zero-order valence-corrected chi connectivity index (χ0v) is 9.18. The molecule has 2 rings (SSSR count). The molecule has 0 fully saturated rings. The molecule has 16 heavy (non-hydrogen) atoms. The van der Waals surface area contributed by atoms with Gasteiger partial charge in [0.2, 0.25) is 0 Å². The maximum atomic E-state index is 10.7. The summed E-state index contributed by atoms with van der Waals surface area (Å²) in [7, 11) is 0. The molecular formula is C12H14N2O2. The summed E-state index contributed by atoms with van der Waals surface area (Å²) in [5, 5.41) is 8.83. The summed E-state index contributed by atoms with van der Waals surface area (Å²) in [5.74, 6) is 0. The molecule has 0 aliphatic carbocycles. The predicted octanol–water partition coefficient (Wildman–Crippen LogP) is 2.16. The van der Waals surface area contributed by atoms with E-state index >= 15 is 0 Å². The molecular weight excluding hydrogens is 204 g/mol. The molecule has 4 nitrogen and oxygen atoms in total. The van der Waals surface area contributed by atoms with Gasteiger partial charge in [0.1, 0.15) is 0 Å². The molecule has 1 N–H and O–H groups in total. The fourth-order valence-electron chi connectivity index (χ4n) is 1.89. The van der Waals surface area contributed by atoms with Crippen LogP contribution in [0.5, 0.6) is 0 Å². The molecule has 1 amide bonds. The van der Waals surface area contributed by atoms with Crippen LogP contribution in [0.25, 0.3) is 5.57 Å². The Kier molecular flexibility index (Phi) is 2.90. The second kappa shape index (κ2) is 4.35. The van der Waals surface area contributed by atoms with Crippen LogP contribution in [0.2, 0.25) is 0 Å². The van der Waals surface area contributed by atoms with E-state index in [1.807, 2.05) is 25.3 Å². The normalized spacial score (nSPS) is 15.8. The minimum atomic E-state index is -0.849. The molecule has 4 heteroatoms. The summed E-state index contributed by atoms with van der Waals surface area (Å²) < 4.78 is 0. The number of aromatic nitrogens is 1. The number of hydrogen-bond donors (Lipinski definition) is 1. The Hall–Kier alpha value is -1.84. The van der Waals surface area contributed by atoms with E-state index in [1.54, 1.807) is 6.20 Å². The SMILES string of the molecule is Cc1ccncc1C1=CCN(C(=O)O)CC1. The summed E-state index contributed by atoms with van der Waals surface area (Å²) >= 11 is 0. The van der Waals surface area contributed by atoms with Gasteiger partial charge in [-0.2, -0.15) is 0 Å². The van der Waals surface area contributed by atoms with Gasteiger partial charge < -0.3 is 10.0 Å². The van der Waals surface area contributed by atoms with Gasteiger partial charge in [-0.25, -0.2) is 4.79 Å². The van der Waals surface area contributed by atoms with Crippen molar-refractivity contribution in [2.24, 2.45) is 0 Å². The van der Waals surface area contributed by atoms with Crippen molar-refractivity contribution < 1.29 is 9.90 Å². The number of hydrogen-bond acceptors (Lipinski definition) is 2. The number of rotatable bonds is 1. The maximum absolute atomic E-state index is 10.7. The molecule has 1 aliphatic rings. The number of nitrogens with zero attached hydrogens (tertiary/aromatic N) is 2. The summed E-state index contributed by atoms with van der Waals surface area (Å²) in [5.41, 5.74) is 3.51. The van der Waals surface area contributed by atoms with Gasteiger partial charge in [-0.3, -0.25) is 4.98 Å². The Morgan fingerprint density at radius 3 is 2.94 bits per heavy atom. The van der Waals surface area contributed by atoms with E-state index in [4.69, 9.17) is 5.11 Å². The van der Waals surface area contributed by atoms with Crippen LogP contribution in [0.1, 0.15) is 17.5 Å². The van der Waals surface area contributed by atoms with Gasteiger partial charge in [-0.05, 0) is 36.1 Å². The van der Waals surface area contributed by atoms with Crippen LogP contribution >= 0.6 is 0 Å². The van der Waals surface area contributed by atoms with Gasteiger partial charge in [0.05, 0.1) is 0 Å². The van der Waals surface area contributed by atoms with E-state index < -0.39 is 6.09 Å². The second-order valence-corrected chi connectivity index (χ2v) is 3.90. The quantitative estimate of drug-likeness (QED) is 0.785. The van der Waals surface area contributed by atoms with Crippen LogP contribution in [0.3, 0.4) is 0 Å². The standard InChI is InChI=1S/C12H14N2O2/c1-9-2-5-13-8-11(9)10-3-6-14(7-4-10)12(15)16/h2-3,5,8H,4,6-7H2,1H3,(H,15,16). The minimum absolute atomic E-state index is 0.471. The number of aryl methyl sites for hydroxylation is 1. The molecule has 0 bridgehead atoms. The highest BCUT2D eigenvalue weighted by atomic mass is 16.4. The van der Waals surface area contributed by atoms with Crippen molar-refractivity contribution in [3.8, 4) is 0 Å². The molecule has 1 aliphatic heterocycles. The Morgan fingerprint density at radius 1 is 1.56 bits per heavy atom. The lowest BCUT2D eigenvalue weighted by Gasteiger charge is -2.24. The number of pyridine rings is 1. The third-order valence-corrected chi connectivity index (χ3v) is 2.86. The smallest absolute Gasteiger partial charge is 0.407 e. The zero-order valence-electron chi connectivity index (χ0n) is 9.18. The van der Waals surface area contributed by atoms with Crippen molar-refractivity contribution in [1.29, 1.82) is 0 Å². The first-order valence-corrected chi connectivity index (χ1v) is 5.26. The molecule has 0 unspecified atom stereocenters. The van der Waals surface area contributed by atoms with E-state index in [0.717, 1.165) is 12.0 Å². The van der Waals surface area contributed by atoms with Gasteiger partial charge in [0, 0.05) is 25.5 Å². The lowest BCUT2D eigenvalue weighted by atomic mass is 9.98. The first-order valence-electron chi connectivity index (χ1n) is 5.26. The minimum Gasteiger partial charge on any atom is -0.465 e. The van der Waals surface area contributed by atoms with Gasteiger partial charge >= 0.3 is 6.09 Å². The summed E-state index contributed by atoms with van der Waals surface area (Å²) in [6, 6.07) is 1.97. The van der Waals surface area contributed by atoms with Crippen LogP contribution in [-0.2, 0) is 0 Å². The Morgan fingerprint density at radius 2 is 2.38 bits per heavy atom. The topological polar surface area (TPSA) is 53.4 Å². The van der Waals surface area contributed by atoms with Crippen molar-refractivity contribution in [3.05, 3.63) is 35.7 Å². The number of amides is 1. The first-order chi connectivity index (χ1) is 7.68. The Balaban J connectivity index is 2.19. The number of carbonyl (C=O) groups is 1. The number of carboxylic acid groups (broad SMARTS) is 1. The van der Waals surface area contributed by atoms with Crippen molar-refractivity contribution in [1.82, 2.24) is 9.88 Å². The van der Waals surface area contributed by atoms with E-state index in [2.05, 4.69) is 4.98 Å². The molecule has 84 valence electrons. The lowest BCUT2D eigenvalue weighted by Crippen LogP contribution is -2.33. The fraction of sp³-hybridized carbons (Fsp3) is 0.333. The highest BCUT2D eigenvalue weighted by Gasteiger charge is 2.17. The summed E-state index contributed by atoms with van der Waals surface area (Å²) in [4.78, 5) is 16.3. The average molecular weight is 218 g/mol. The van der Waals surface area contributed by atoms with Crippen LogP contribution in [-0.4, -0.2) is 34.2 Å². The molecule has 2 heterocycles. The molecule has 0 atom stereocenters. The van der Waals surface area contributed by atoms with E-state index in [0.29, 0.717) is 13.1 Å². The highest BCUT2D eigenvalue weighted by molar-refractivity contribution is 5.72.